The second kappa shape index (κ2) is 5.52. The van der Waals surface area contributed by atoms with Gasteiger partial charge in [0.2, 0.25) is 0 Å². The van der Waals surface area contributed by atoms with Crippen molar-refractivity contribution in [2.24, 2.45) is 0 Å². The van der Waals surface area contributed by atoms with Gasteiger partial charge in [-0.1, -0.05) is 33.6 Å². The van der Waals surface area contributed by atoms with Gasteiger partial charge in [-0.05, 0) is 36.8 Å². The summed E-state index contributed by atoms with van der Waals surface area (Å²) in [6.45, 7) is 2.67. The van der Waals surface area contributed by atoms with Crippen LogP contribution in [0.3, 0.4) is 0 Å². The maximum Gasteiger partial charge on any atom is 0.0603 e. The van der Waals surface area contributed by atoms with E-state index in [-0.39, 0.29) is 0 Å². The van der Waals surface area contributed by atoms with E-state index in [1.165, 1.54) is 0 Å². The highest BCUT2D eigenvalue weighted by Gasteiger charge is 2.02. The predicted octanol–water partition coefficient (Wildman–Crippen LogP) is 4.42. The van der Waals surface area contributed by atoms with Crippen LogP contribution in [-0.4, -0.2) is 4.98 Å². The highest BCUT2D eigenvalue weighted by atomic mass is 79.9. The first-order valence-electron chi connectivity index (χ1n) is 5.26. The van der Waals surface area contributed by atoms with Gasteiger partial charge in [0.25, 0.3) is 0 Å². The third-order valence-electron chi connectivity index (χ3n) is 2.49. The smallest absolute Gasteiger partial charge is 0.0603 e. The first kappa shape index (κ1) is 12.4. The van der Waals surface area contributed by atoms with E-state index in [1.54, 1.807) is 6.20 Å². The average molecular weight is 312 g/mol. The van der Waals surface area contributed by atoms with Crippen molar-refractivity contribution in [2.45, 2.75) is 13.5 Å². The highest BCUT2D eigenvalue weighted by molar-refractivity contribution is 9.10. The minimum atomic E-state index is 0.693. The van der Waals surface area contributed by atoms with E-state index in [2.05, 4.69) is 26.2 Å². The van der Waals surface area contributed by atoms with Gasteiger partial charge in [-0.2, -0.15) is 0 Å². The lowest BCUT2D eigenvalue weighted by Gasteiger charge is -2.10. The number of nitrogens with one attached hydrogen (secondary N) is 1. The molecule has 0 bridgehead atoms. The van der Waals surface area contributed by atoms with Crippen molar-refractivity contribution in [1.29, 1.82) is 0 Å². The van der Waals surface area contributed by atoms with Crippen molar-refractivity contribution in [3.8, 4) is 0 Å². The van der Waals surface area contributed by atoms with E-state index in [0.717, 1.165) is 26.4 Å². The number of hydrogen-bond acceptors (Lipinski definition) is 2. The summed E-state index contributed by atoms with van der Waals surface area (Å²) in [5.41, 5.74) is 3.09. The summed E-state index contributed by atoms with van der Waals surface area (Å²) in [5, 5.41) is 4.09. The zero-order valence-electron chi connectivity index (χ0n) is 9.37. The lowest BCUT2D eigenvalue weighted by atomic mass is 10.2. The summed E-state index contributed by atoms with van der Waals surface area (Å²) in [5.74, 6) is 0. The van der Waals surface area contributed by atoms with Crippen molar-refractivity contribution in [3.05, 3.63) is 57.3 Å². The van der Waals surface area contributed by atoms with Gasteiger partial charge < -0.3 is 5.32 Å². The summed E-state index contributed by atoms with van der Waals surface area (Å²) >= 11 is 9.54. The molecule has 0 saturated heterocycles. The molecule has 0 spiro atoms. The minimum absolute atomic E-state index is 0.693. The Hall–Kier alpha value is -1.06. The van der Waals surface area contributed by atoms with Gasteiger partial charge in [-0.25, -0.2) is 0 Å². The van der Waals surface area contributed by atoms with Gasteiger partial charge >= 0.3 is 0 Å². The summed E-state index contributed by atoms with van der Waals surface area (Å²) in [7, 11) is 0. The van der Waals surface area contributed by atoms with Crippen molar-refractivity contribution in [1.82, 2.24) is 4.98 Å². The van der Waals surface area contributed by atoms with Gasteiger partial charge in [0.1, 0.15) is 0 Å². The van der Waals surface area contributed by atoms with Gasteiger partial charge in [-0.15, -0.1) is 0 Å². The van der Waals surface area contributed by atoms with Crippen molar-refractivity contribution in [3.63, 3.8) is 0 Å². The molecule has 1 heterocycles. The molecule has 1 aromatic carbocycles. The number of rotatable bonds is 3. The summed E-state index contributed by atoms with van der Waals surface area (Å²) in [6.07, 6.45) is 1.78. The molecule has 2 nitrogen and oxygen atoms in total. The number of aromatic nitrogens is 1. The van der Waals surface area contributed by atoms with E-state index < -0.39 is 0 Å². The highest BCUT2D eigenvalue weighted by Crippen LogP contribution is 2.22. The molecule has 1 aromatic heterocycles. The van der Waals surface area contributed by atoms with Crippen molar-refractivity contribution in [2.75, 3.05) is 5.32 Å². The second-order valence-corrected chi connectivity index (χ2v) is 5.05. The summed E-state index contributed by atoms with van der Waals surface area (Å²) in [4.78, 5) is 4.22. The molecule has 88 valence electrons. The van der Waals surface area contributed by atoms with Crippen LogP contribution < -0.4 is 5.32 Å². The SMILES string of the molecule is Cc1ncccc1NCc1ccc(Br)cc1Cl. The van der Waals surface area contributed by atoms with Crippen LogP contribution >= 0.6 is 27.5 Å². The Bertz CT molecular complexity index is 529. The molecular weight excluding hydrogens is 300 g/mol. The Morgan fingerprint density at radius 2 is 2.18 bits per heavy atom. The molecule has 0 radical (unpaired) electrons. The number of hydrogen-bond donors (Lipinski definition) is 1. The molecule has 2 rings (SSSR count). The molecule has 0 aliphatic heterocycles. The number of aryl methyl sites for hydroxylation is 1. The molecule has 2 aromatic rings. The summed E-state index contributed by atoms with van der Waals surface area (Å²) in [6, 6.07) is 9.81. The van der Waals surface area contributed by atoms with Crippen LogP contribution in [0.1, 0.15) is 11.3 Å². The topological polar surface area (TPSA) is 24.9 Å². The third-order valence-corrected chi connectivity index (χ3v) is 3.34. The fourth-order valence-electron chi connectivity index (χ4n) is 1.53. The Balaban J connectivity index is 2.10. The zero-order chi connectivity index (χ0) is 12.3. The van der Waals surface area contributed by atoms with E-state index in [1.807, 2.05) is 37.3 Å². The van der Waals surface area contributed by atoms with E-state index in [4.69, 9.17) is 11.6 Å². The van der Waals surface area contributed by atoms with Crippen LogP contribution in [0.25, 0.3) is 0 Å². The van der Waals surface area contributed by atoms with Crippen LogP contribution in [-0.2, 0) is 6.54 Å². The van der Waals surface area contributed by atoms with Gasteiger partial charge in [0.05, 0.1) is 11.4 Å². The lowest BCUT2D eigenvalue weighted by molar-refractivity contribution is 1.11. The molecule has 17 heavy (non-hydrogen) atoms. The fourth-order valence-corrected chi connectivity index (χ4v) is 2.27. The Labute approximate surface area is 114 Å². The number of benzene rings is 1. The van der Waals surface area contributed by atoms with Gasteiger partial charge in [0, 0.05) is 22.2 Å². The Morgan fingerprint density at radius 1 is 1.35 bits per heavy atom. The Kier molecular flexibility index (Phi) is 4.02. The maximum absolute atomic E-state index is 6.15. The van der Waals surface area contributed by atoms with E-state index in [0.29, 0.717) is 6.54 Å². The van der Waals surface area contributed by atoms with Crippen molar-refractivity contribution >= 4 is 33.2 Å². The number of anilines is 1. The fraction of sp³-hybridized carbons (Fsp3) is 0.154. The largest absolute Gasteiger partial charge is 0.379 e. The van der Waals surface area contributed by atoms with E-state index in [9.17, 15) is 0 Å². The van der Waals surface area contributed by atoms with Crippen LogP contribution in [0.15, 0.2) is 41.0 Å². The molecule has 0 fully saturated rings. The molecule has 0 amide bonds. The lowest BCUT2D eigenvalue weighted by Crippen LogP contribution is -2.02. The number of pyridine rings is 1. The molecule has 0 aliphatic rings. The number of nitrogens with zero attached hydrogens (tertiary/aromatic N) is 1. The maximum atomic E-state index is 6.15. The molecule has 1 N–H and O–H groups in total. The molecule has 4 heteroatoms. The molecule has 0 aliphatic carbocycles. The molecule has 0 saturated carbocycles. The number of halogens is 2. The normalized spacial score (nSPS) is 10.3. The first-order chi connectivity index (χ1) is 8.16. The van der Waals surface area contributed by atoms with Crippen LogP contribution in [0.4, 0.5) is 5.69 Å². The van der Waals surface area contributed by atoms with Gasteiger partial charge in [-0.3, -0.25) is 4.98 Å². The Morgan fingerprint density at radius 3 is 2.88 bits per heavy atom. The minimum Gasteiger partial charge on any atom is -0.379 e. The molecule has 0 atom stereocenters. The van der Waals surface area contributed by atoms with Crippen LogP contribution in [0, 0.1) is 6.92 Å². The third kappa shape index (κ3) is 3.20. The summed E-state index contributed by atoms with van der Waals surface area (Å²) < 4.78 is 0.990. The zero-order valence-corrected chi connectivity index (χ0v) is 11.7. The monoisotopic (exact) mass is 310 g/mol. The average Bonchev–Trinajstić information content (AvgIpc) is 2.30. The molecule has 0 unspecified atom stereocenters. The standard InChI is InChI=1S/C13H12BrClN2/c1-9-13(3-2-6-16-9)17-8-10-4-5-11(14)7-12(10)15/h2-7,17H,8H2,1H3. The predicted molar refractivity (Wildman–Crippen MR) is 75.5 cm³/mol. The molecular formula is C13H12BrClN2. The second-order valence-electron chi connectivity index (χ2n) is 3.73. The van der Waals surface area contributed by atoms with Crippen LogP contribution in [0.5, 0.6) is 0 Å². The first-order valence-corrected chi connectivity index (χ1v) is 6.43. The van der Waals surface area contributed by atoms with Gasteiger partial charge in [0.15, 0.2) is 0 Å². The van der Waals surface area contributed by atoms with Crippen LogP contribution in [0.2, 0.25) is 5.02 Å². The van der Waals surface area contributed by atoms with Crippen molar-refractivity contribution < 1.29 is 0 Å². The van der Waals surface area contributed by atoms with E-state index >= 15 is 0 Å². The quantitative estimate of drug-likeness (QED) is 0.907.